The molecule has 6 heteroatoms. The van der Waals surface area contributed by atoms with Crippen molar-refractivity contribution in [3.05, 3.63) is 0 Å². The van der Waals surface area contributed by atoms with Crippen LogP contribution in [-0.4, -0.2) is 54.0 Å². The summed E-state index contributed by atoms with van der Waals surface area (Å²) in [6.07, 6.45) is 6.56. The minimum atomic E-state index is -0.667. The highest BCUT2D eigenvalue weighted by Gasteiger charge is 2.84. The molecule has 6 fully saturated rings. The lowest BCUT2D eigenvalue weighted by atomic mass is 9.41. The second kappa shape index (κ2) is 8.35. The fourth-order valence-electron chi connectivity index (χ4n) is 12.3. The number of aliphatic hydroxyl groups is 2. The number of hydrogen-bond donors (Lipinski definition) is 2. The predicted molar refractivity (Wildman–Crippen MR) is 144 cm³/mol. The number of carbonyl (C=O) groups is 1. The van der Waals surface area contributed by atoms with Gasteiger partial charge < -0.3 is 24.4 Å². The average Bonchev–Trinajstić information content (AvgIpc) is 3.49. The van der Waals surface area contributed by atoms with Gasteiger partial charge in [-0.15, -0.1) is 0 Å². The molecule has 38 heavy (non-hydrogen) atoms. The van der Waals surface area contributed by atoms with E-state index in [1.54, 1.807) is 0 Å². The van der Waals surface area contributed by atoms with Gasteiger partial charge >= 0.3 is 6.16 Å². The van der Waals surface area contributed by atoms with E-state index >= 15 is 0 Å². The molecule has 0 aromatic carbocycles. The molecule has 5 aliphatic carbocycles. The zero-order valence-corrected chi connectivity index (χ0v) is 25.0. The van der Waals surface area contributed by atoms with Gasteiger partial charge in [-0.1, -0.05) is 48.5 Å². The van der Waals surface area contributed by atoms with Crippen molar-refractivity contribution in [1.82, 2.24) is 0 Å². The number of ether oxygens (including phenoxy) is 3. The van der Waals surface area contributed by atoms with Gasteiger partial charge in [0.1, 0.15) is 6.10 Å². The average molecular weight is 533 g/mol. The summed E-state index contributed by atoms with van der Waals surface area (Å²) in [5.74, 6) is 1.80. The summed E-state index contributed by atoms with van der Waals surface area (Å²) in [5, 5.41) is 23.3. The molecule has 3 unspecified atom stereocenters. The summed E-state index contributed by atoms with van der Waals surface area (Å²) >= 11 is 0. The summed E-state index contributed by atoms with van der Waals surface area (Å²) < 4.78 is 17.4. The Bertz CT molecular complexity index is 979. The highest BCUT2D eigenvalue weighted by atomic mass is 16.7. The summed E-state index contributed by atoms with van der Waals surface area (Å²) in [4.78, 5) is 12.1. The molecule has 2 N–H and O–H groups in total. The molecule has 6 aliphatic rings. The van der Waals surface area contributed by atoms with Crippen molar-refractivity contribution in [2.45, 2.75) is 130 Å². The molecule has 1 aliphatic heterocycles. The van der Waals surface area contributed by atoms with Crippen LogP contribution in [0.25, 0.3) is 0 Å². The van der Waals surface area contributed by atoms with Crippen LogP contribution in [0.15, 0.2) is 0 Å². The first-order chi connectivity index (χ1) is 17.7. The molecule has 13 atom stereocenters. The number of carbonyl (C=O) groups excluding carboxylic acids is 1. The van der Waals surface area contributed by atoms with Gasteiger partial charge in [-0.3, -0.25) is 0 Å². The third-order valence-electron chi connectivity index (χ3n) is 14.2. The van der Waals surface area contributed by atoms with Crippen LogP contribution in [-0.2, 0) is 14.2 Å². The third-order valence-corrected chi connectivity index (χ3v) is 14.2. The lowest BCUT2D eigenvalue weighted by molar-refractivity contribution is -0.185. The minimum absolute atomic E-state index is 0.00817. The Morgan fingerprint density at radius 2 is 1.63 bits per heavy atom. The first kappa shape index (κ1) is 27.3. The maximum Gasteiger partial charge on any atom is 0.508 e. The van der Waals surface area contributed by atoms with Crippen LogP contribution in [0.5, 0.6) is 0 Å². The molecule has 1 heterocycles. The van der Waals surface area contributed by atoms with Gasteiger partial charge in [-0.05, 0) is 103 Å². The molecule has 216 valence electrons. The lowest BCUT2D eigenvalue weighted by Crippen LogP contribution is -2.59. The molecule has 6 nitrogen and oxygen atoms in total. The zero-order valence-electron chi connectivity index (χ0n) is 25.0. The molecule has 0 radical (unpaired) electrons. The number of methoxy groups -OCH3 is 1. The van der Waals surface area contributed by atoms with Gasteiger partial charge in [0.25, 0.3) is 0 Å². The number of rotatable bonds is 3. The summed E-state index contributed by atoms with van der Waals surface area (Å²) in [5.41, 5.74) is 0.395. The molecule has 6 rings (SSSR count). The van der Waals surface area contributed by atoms with E-state index in [4.69, 9.17) is 14.2 Å². The predicted octanol–water partition coefficient (Wildman–Crippen LogP) is 5.97. The highest BCUT2D eigenvalue weighted by molar-refractivity contribution is 5.59. The Balaban J connectivity index is 1.33. The SMILES string of the molecule is COC(=O)O[C@H](C(C)C)C1C[C@@H](C)[C@H]2C(O1)[C@H](O)[C@@]1(C)C3CC[C@H]4C(C)(C)[C@@H](O)CC[C@@]45C[C@@]35CC[C@]21C. The first-order valence-electron chi connectivity index (χ1n) is 15.5. The van der Waals surface area contributed by atoms with Crippen molar-refractivity contribution in [1.29, 1.82) is 0 Å². The Hall–Kier alpha value is -0.850. The van der Waals surface area contributed by atoms with E-state index in [2.05, 4.69) is 48.5 Å². The van der Waals surface area contributed by atoms with Crippen molar-refractivity contribution in [2.75, 3.05) is 7.11 Å². The van der Waals surface area contributed by atoms with Crippen LogP contribution in [0.1, 0.15) is 99.8 Å². The topological polar surface area (TPSA) is 85.2 Å². The first-order valence-corrected chi connectivity index (χ1v) is 15.5. The maximum absolute atomic E-state index is 12.3. The van der Waals surface area contributed by atoms with Gasteiger partial charge in [0, 0.05) is 5.41 Å². The van der Waals surface area contributed by atoms with E-state index in [1.165, 1.54) is 20.0 Å². The van der Waals surface area contributed by atoms with Crippen LogP contribution < -0.4 is 0 Å². The smallest absolute Gasteiger partial charge is 0.438 e. The van der Waals surface area contributed by atoms with Gasteiger partial charge in [0.05, 0.1) is 31.5 Å². The van der Waals surface area contributed by atoms with E-state index in [1.807, 2.05) is 0 Å². The van der Waals surface area contributed by atoms with Crippen molar-refractivity contribution in [3.8, 4) is 0 Å². The van der Waals surface area contributed by atoms with Crippen LogP contribution >= 0.6 is 0 Å². The van der Waals surface area contributed by atoms with Crippen molar-refractivity contribution in [2.24, 2.45) is 56.7 Å². The molecule has 0 aromatic rings. The molecule has 5 saturated carbocycles. The third kappa shape index (κ3) is 3.09. The van der Waals surface area contributed by atoms with Crippen LogP contribution in [0.4, 0.5) is 4.79 Å². The maximum atomic E-state index is 12.3. The molecule has 1 saturated heterocycles. The van der Waals surface area contributed by atoms with Crippen LogP contribution in [0, 0.1) is 56.7 Å². The second-order valence-electron chi connectivity index (χ2n) is 15.9. The molecular weight excluding hydrogens is 480 g/mol. The van der Waals surface area contributed by atoms with Crippen molar-refractivity contribution < 1.29 is 29.2 Å². The van der Waals surface area contributed by atoms with Gasteiger partial charge in [0.15, 0.2) is 0 Å². The van der Waals surface area contributed by atoms with Gasteiger partial charge in [-0.25, -0.2) is 4.79 Å². The van der Waals surface area contributed by atoms with Crippen molar-refractivity contribution in [3.63, 3.8) is 0 Å². The normalized spacial score (nSPS) is 55.0. The van der Waals surface area contributed by atoms with Crippen LogP contribution in [0.3, 0.4) is 0 Å². The number of fused-ring (bicyclic) bond motifs is 4. The molecule has 2 spiro atoms. The Morgan fingerprint density at radius 1 is 0.974 bits per heavy atom. The van der Waals surface area contributed by atoms with E-state index in [-0.39, 0.29) is 40.5 Å². The van der Waals surface area contributed by atoms with E-state index < -0.39 is 18.4 Å². The second-order valence-corrected chi connectivity index (χ2v) is 15.9. The van der Waals surface area contributed by atoms with Crippen LogP contribution in [0.2, 0.25) is 0 Å². The fraction of sp³-hybridized carbons (Fsp3) is 0.969. The Kier molecular flexibility index (Phi) is 6.00. The molecular formula is C32H52O6. The fourth-order valence-corrected chi connectivity index (χ4v) is 12.3. The number of aliphatic hydroxyl groups excluding tert-OH is 2. The van der Waals surface area contributed by atoms with E-state index in [0.717, 1.165) is 38.5 Å². The number of hydrogen-bond acceptors (Lipinski definition) is 6. The highest BCUT2D eigenvalue weighted by Crippen LogP contribution is 2.89. The summed E-state index contributed by atoms with van der Waals surface area (Å²) in [6, 6.07) is 0. The van der Waals surface area contributed by atoms with Crippen molar-refractivity contribution >= 4 is 6.16 Å². The molecule has 0 aromatic heterocycles. The van der Waals surface area contributed by atoms with Gasteiger partial charge in [-0.2, -0.15) is 0 Å². The summed E-state index contributed by atoms with van der Waals surface area (Å²) in [6.45, 7) is 15.9. The Labute approximate surface area is 229 Å². The Morgan fingerprint density at radius 3 is 2.29 bits per heavy atom. The lowest BCUT2D eigenvalue weighted by Gasteiger charge is -2.63. The molecule has 0 amide bonds. The summed E-state index contributed by atoms with van der Waals surface area (Å²) in [7, 11) is 1.34. The molecule has 0 bridgehead atoms. The standard InChI is InChI=1S/C32H52O6/c1-17(2)24(38-27(35)36-8)19-15-18(3)23-25(37-19)26(34)30(7)21-10-9-20-28(4,5)22(33)11-12-31(20)16-32(21,31)14-13-29(23,30)6/h17-26,33-34H,9-16H2,1-8H3/t18-,19?,20+,21?,22+,23+,24-,25?,26+,29-,30-,31-,32+/m1/s1. The minimum Gasteiger partial charge on any atom is -0.438 e. The van der Waals surface area contributed by atoms with Gasteiger partial charge in [0.2, 0.25) is 0 Å². The van der Waals surface area contributed by atoms with E-state index in [9.17, 15) is 15.0 Å². The quantitative estimate of drug-likeness (QED) is 0.436. The largest absolute Gasteiger partial charge is 0.508 e. The monoisotopic (exact) mass is 532 g/mol. The zero-order chi connectivity index (χ0) is 27.6. The van der Waals surface area contributed by atoms with E-state index in [0.29, 0.717) is 34.5 Å².